The molecule has 2 aromatic heterocycles. The molecule has 3 rings (SSSR count). The monoisotopic (exact) mass is 351 g/mol. The molecular weight excluding hydrogens is 339 g/mol. The largest absolute Gasteiger partial charge is 0.435 e. The molecule has 0 saturated carbocycles. The SMILES string of the molecule is CSc1ccccc1NC(=O)c1c(C(F)(F)F)nc2ccccn12. The van der Waals surface area contributed by atoms with Crippen LogP contribution >= 0.6 is 11.8 Å². The number of carbonyl (C=O) groups is 1. The van der Waals surface area contributed by atoms with Crippen molar-refractivity contribution >= 4 is 29.0 Å². The summed E-state index contributed by atoms with van der Waals surface area (Å²) in [5.74, 6) is -0.859. The first-order chi connectivity index (χ1) is 11.4. The molecule has 0 aliphatic carbocycles. The van der Waals surface area contributed by atoms with Gasteiger partial charge < -0.3 is 5.32 Å². The van der Waals surface area contributed by atoms with E-state index in [4.69, 9.17) is 0 Å². The number of benzene rings is 1. The molecule has 0 aliphatic heterocycles. The number of thioether (sulfide) groups is 1. The van der Waals surface area contributed by atoms with E-state index in [1.807, 2.05) is 6.26 Å². The number of imidazole rings is 1. The van der Waals surface area contributed by atoms with Crippen LogP contribution in [0.2, 0.25) is 0 Å². The van der Waals surface area contributed by atoms with Crippen LogP contribution in [-0.4, -0.2) is 21.5 Å². The van der Waals surface area contributed by atoms with Crippen LogP contribution in [0.4, 0.5) is 18.9 Å². The van der Waals surface area contributed by atoms with Crippen LogP contribution in [-0.2, 0) is 6.18 Å². The number of nitrogens with one attached hydrogen (secondary N) is 1. The number of fused-ring (bicyclic) bond motifs is 1. The van der Waals surface area contributed by atoms with Crippen molar-refractivity contribution < 1.29 is 18.0 Å². The number of hydrogen-bond acceptors (Lipinski definition) is 3. The molecular formula is C16H12F3N3OS. The Morgan fingerprint density at radius 3 is 2.58 bits per heavy atom. The van der Waals surface area contributed by atoms with Gasteiger partial charge in [-0.05, 0) is 30.5 Å². The van der Waals surface area contributed by atoms with Crippen LogP contribution in [0.1, 0.15) is 16.2 Å². The highest BCUT2D eigenvalue weighted by Crippen LogP contribution is 2.33. The number of para-hydroxylation sites is 1. The van der Waals surface area contributed by atoms with Gasteiger partial charge in [-0.25, -0.2) is 4.98 Å². The summed E-state index contributed by atoms with van der Waals surface area (Å²) in [5, 5.41) is 2.55. The van der Waals surface area contributed by atoms with Crippen LogP contribution in [0.25, 0.3) is 5.65 Å². The van der Waals surface area contributed by atoms with E-state index in [2.05, 4.69) is 10.3 Å². The Balaban J connectivity index is 2.09. The topological polar surface area (TPSA) is 46.4 Å². The van der Waals surface area contributed by atoms with Crippen LogP contribution in [0.5, 0.6) is 0 Å². The number of amides is 1. The summed E-state index contributed by atoms with van der Waals surface area (Å²) in [6.45, 7) is 0. The van der Waals surface area contributed by atoms with E-state index in [0.29, 0.717) is 5.69 Å². The molecule has 0 atom stereocenters. The summed E-state index contributed by atoms with van der Waals surface area (Å²) in [6, 6.07) is 11.4. The van der Waals surface area contributed by atoms with E-state index in [-0.39, 0.29) is 5.65 Å². The molecule has 2 heterocycles. The predicted molar refractivity (Wildman–Crippen MR) is 86.4 cm³/mol. The van der Waals surface area contributed by atoms with Crippen molar-refractivity contribution in [2.24, 2.45) is 0 Å². The van der Waals surface area contributed by atoms with Gasteiger partial charge in [0.25, 0.3) is 5.91 Å². The lowest BCUT2D eigenvalue weighted by atomic mass is 10.2. The minimum atomic E-state index is -4.72. The molecule has 0 saturated heterocycles. The molecule has 1 amide bonds. The number of halogens is 3. The Labute approximate surface area is 139 Å². The Hall–Kier alpha value is -2.48. The van der Waals surface area contributed by atoms with Gasteiger partial charge in [-0.15, -0.1) is 11.8 Å². The Morgan fingerprint density at radius 2 is 1.88 bits per heavy atom. The summed E-state index contributed by atoms with van der Waals surface area (Å²) < 4.78 is 41.0. The van der Waals surface area contributed by atoms with Gasteiger partial charge in [0, 0.05) is 11.1 Å². The minimum absolute atomic E-state index is 0.0631. The van der Waals surface area contributed by atoms with Crippen molar-refractivity contribution in [1.82, 2.24) is 9.38 Å². The lowest BCUT2D eigenvalue weighted by Gasteiger charge is -2.11. The third kappa shape index (κ3) is 2.96. The van der Waals surface area contributed by atoms with Gasteiger partial charge in [0.2, 0.25) is 0 Å². The molecule has 0 spiro atoms. The standard InChI is InChI=1S/C16H12F3N3OS/c1-24-11-7-3-2-6-10(11)20-15(23)13-14(16(17,18)19)21-12-8-4-5-9-22(12)13/h2-9H,1H3,(H,20,23). The zero-order valence-corrected chi connectivity index (χ0v) is 13.3. The number of anilines is 1. The third-order valence-electron chi connectivity index (χ3n) is 3.37. The van der Waals surface area contributed by atoms with Crippen molar-refractivity contribution in [3.05, 3.63) is 60.0 Å². The van der Waals surface area contributed by atoms with Crippen LogP contribution in [0.3, 0.4) is 0 Å². The van der Waals surface area contributed by atoms with Crippen molar-refractivity contribution in [3.63, 3.8) is 0 Å². The lowest BCUT2D eigenvalue weighted by Crippen LogP contribution is -2.20. The van der Waals surface area contributed by atoms with Gasteiger partial charge in [0.1, 0.15) is 11.3 Å². The molecule has 0 fully saturated rings. The molecule has 3 aromatic rings. The highest BCUT2D eigenvalue weighted by molar-refractivity contribution is 7.98. The predicted octanol–water partition coefficient (Wildman–Crippen LogP) is 4.33. The second-order valence-corrected chi connectivity index (χ2v) is 5.74. The second-order valence-electron chi connectivity index (χ2n) is 4.89. The number of carbonyl (C=O) groups excluding carboxylic acids is 1. The fourth-order valence-electron chi connectivity index (χ4n) is 2.34. The number of hydrogen-bond donors (Lipinski definition) is 1. The first-order valence-electron chi connectivity index (χ1n) is 6.90. The number of pyridine rings is 1. The molecule has 0 bridgehead atoms. The van der Waals surface area contributed by atoms with E-state index >= 15 is 0 Å². The van der Waals surface area contributed by atoms with Gasteiger partial charge >= 0.3 is 6.18 Å². The summed E-state index contributed by atoms with van der Waals surface area (Å²) in [7, 11) is 0. The molecule has 8 heteroatoms. The molecule has 4 nitrogen and oxygen atoms in total. The lowest BCUT2D eigenvalue weighted by molar-refractivity contribution is -0.141. The summed E-state index contributed by atoms with van der Waals surface area (Å²) >= 11 is 1.39. The molecule has 0 unspecified atom stereocenters. The van der Waals surface area contributed by atoms with Gasteiger partial charge in [-0.3, -0.25) is 9.20 Å². The number of rotatable bonds is 3. The maximum Gasteiger partial charge on any atom is 0.435 e. The number of nitrogens with zero attached hydrogens (tertiary/aromatic N) is 2. The molecule has 1 N–H and O–H groups in total. The maximum atomic E-state index is 13.3. The summed E-state index contributed by atoms with van der Waals surface area (Å²) in [4.78, 5) is 16.9. The quantitative estimate of drug-likeness (QED) is 0.715. The highest BCUT2D eigenvalue weighted by atomic mass is 32.2. The number of aromatic nitrogens is 2. The van der Waals surface area contributed by atoms with E-state index < -0.39 is 23.5 Å². The van der Waals surface area contributed by atoms with E-state index in [1.54, 1.807) is 36.4 Å². The van der Waals surface area contributed by atoms with Crippen molar-refractivity contribution in [2.75, 3.05) is 11.6 Å². The van der Waals surface area contributed by atoms with E-state index in [1.165, 1.54) is 24.0 Å². The Morgan fingerprint density at radius 1 is 1.17 bits per heavy atom. The van der Waals surface area contributed by atoms with Crippen molar-refractivity contribution in [1.29, 1.82) is 0 Å². The number of alkyl halides is 3. The van der Waals surface area contributed by atoms with E-state index in [0.717, 1.165) is 9.30 Å². The van der Waals surface area contributed by atoms with E-state index in [9.17, 15) is 18.0 Å². The molecule has 0 aliphatic rings. The maximum absolute atomic E-state index is 13.3. The van der Waals surface area contributed by atoms with Gasteiger partial charge in [-0.2, -0.15) is 13.2 Å². The fourth-order valence-corrected chi connectivity index (χ4v) is 2.89. The van der Waals surface area contributed by atoms with Crippen LogP contribution in [0, 0.1) is 0 Å². The molecule has 24 heavy (non-hydrogen) atoms. The zero-order chi connectivity index (χ0) is 17.3. The summed E-state index contributed by atoms with van der Waals surface area (Å²) in [5.41, 5.74) is -1.22. The zero-order valence-electron chi connectivity index (χ0n) is 12.5. The Bertz CT molecular complexity index is 905. The average molecular weight is 351 g/mol. The van der Waals surface area contributed by atoms with Gasteiger partial charge in [0.05, 0.1) is 5.69 Å². The van der Waals surface area contributed by atoms with Crippen LogP contribution in [0.15, 0.2) is 53.6 Å². The molecule has 0 radical (unpaired) electrons. The first-order valence-corrected chi connectivity index (χ1v) is 8.13. The molecule has 124 valence electrons. The smallest absolute Gasteiger partial charge is 0.320 e. The second kappa shape index (κ2) is 6.20. The fraction of sp³-hybridized carbons (Fsp3) is 0.125. The van der Waals surface area contributed by atoms with Crippen molar-refractivity contribution in [3.8, 4) is 0 Å². The minimum Gasteiger partial charge on any atom is -0.320 e. The first kappa shape index (κ1) is 16.4. The van der Waals surface area contributed by atoms with Gasteiger partial charge in [-0.1, -0.05) is 18.2 Å². The van der Waals surface area contributed by atoms with Crippen LogP contribution < -0.4 is 5.32 Å². The average Bonchev–Trinajstić information content (AvgIpc) is 2.95. The molecule has 1 aromatic carbocycles. The third-order valence-corrected chi connectivity index (χ3v) is 4.16. The highest BCUT2D eigenvalue weighted by Gasteiger charge is 2.40. The summed E-state index contributed by atoms with van der Waals surface area (Å²) in [6.07, 6.45) is -1.52. The Kier molecular flexibility index (Phi) is 4.23. The van der Waals surface area contributed by atoms with Crippen molar-refractivity contribution in [2.45, 2.75) is 11.1 Å². The van der Waals surface area contributed by atoms with Gasteiger partial charge in [0.15, 0.2) is 5.69 Å². The normalized spacial score (nSPS) is 11.7.